The number of thioether (sulfide) groups is 2. The van der Waals surface area contributed by atoms with Crippen LogP contribution in [0, 0.1) is 11.3 Å². The Balaban J connectivity index is 1.84. The van der Waals surface area contributed by atoms with Gasteiger partial charge >= 0.3 is 0 Å². The summed E-state index contributed by atoms with van der Waals surface area (Å²) in [5, 5.41) is 12.8. The quantitative estimate of drug-likeness (QED) is 0.292. The topological polar surface area (TPSA) is 52.9 Å². The van der Waals surface area contributed by atoms with Gasteiger partial charge in [-0.2, -0.15) is 5.26 Å². The molecule has 3 nitrogen and oxygen atoms in total. The molecule has 0 aliphatic rings. The number of carbonyl (C=O) groups is 1. The van der Waals surface area contributed by atoms with Crippen molar-refractivity contribution in [3.63, 3.8) is 0 Å². The Labute approximate surface area is 192 Å². The fraction of sp³-hybridized carbons (Fsp3) is 0.154. The van der Waals surface area contributed by atoms with E-state index >= 15 is 0 Å². The molecule has 3 rings (SSSR count). The fourth-order valence-electron chi connectivity index (χ4n) is 2.96. The SMILES string of the molecule is CCc1ccccc1NC(=O)C(C#N)=C(SCc1ccccc1)SCc1ccccc1. The maximum atomic E-state index is 13.1. The van der Waals surface area contributed by atoms with Crippen LogP contribution in [-0.2, 0) is 22.7 Å². The van der Waals surface area contributed by atoms with Crippen LogP contribution < -0.4 is 5.32 Å². The molecule has 5 heteroatoms. The number of nitrogens with one attached hydrogen (secondary N) is 1. The summed E-state index contributed by atoms with van der Waals surface area (Å²) in [5.41, 5.74) is 4.26. The second-order valence-corrected chi connectivity index (χ2v) is 9.02. The number of nitrogens with zero attached hydrogens (tertiary/aromatic N) is 1. The molecule has 0 atom stereocenters. The number of para-hydroxylation sites is 1. The Morgan fingerprint density at radius 2 is 1.35 bits per heavy atom. The summed E-state index contributed by atoms with van der Waals surface area (Å²) in [6, 6.07) is 30.0. The standard InChI is InChI=1S/C26H24N2OS2/c1-2-22-15-9-10-16-24(22)28-25(29)23(17-27)26(30-18-20-11-5-3-6-12-20)31-19-21-13-7-4-8-14-21/h3-16H,2,18-19H2,1H3,(H,28,29). The zero-order chi connectivity index (χ0) is 21.9. The smallest absolute Gasteiger partial charge is 0.268 e. The molecule has 3 aromatic rings. The van der Waals surface area contributed by atoms with Gasteiger partial charge in [-0.15, -0.1) is 23.5 Å². The van der Waals surface area contributed by atoms with Crippen molar-refractivity contribution in [3.8, 4) is 6.07 Å². The van der Waals surface area contributed by atoms with Crippen molar-refractivity contribution in [2.75, 3.05) is 5.32 Å². The van der Waals surface area contributed by atoms with E-state index in [2.05, 4.69) is 35.7 Å². The lowest BCUT2D eigenvalue weighted by molar-refractivity contribution is -0.112. The van der Waals surface area contributed by atoms with E-state index in [4.69, 9.17) is 0 Å². The van der Waals surface area contributed by atoms with Crippen molar-refractivity contribution in [1.82, 2.24) is 0 Å². The number of rotatable bonds is 9. The molecule has 0 heterocycles. The predicted molar refractivity (Wildman–Crippen MR) is 133 cm³/mol. The van der Waals surface area contributed by atoms with E-state index in [-0.39, 0.29) is 11.5 Å². The summed E-state index contributed by atoms with van der Waals surface area (Å²) in [6.45, 7) is 2.04. The highest BCUT2D eigenvalue weighted by Crippen LogP contribution is 2.36. The first-order valence-electron chi connectivity index (χ1n) is 10.1. The molecule has 3 aromatic carbocycles. The van der Waals surface area contributed by atoms with Crippen molar-refractivity contribution in [1.29, 1.82) is 5.26 Å². The minimum Gasteiger partial charge on any atom is -0.321 e. The van der Waals surface area contributed by atoms with Crippen LogP contribution in [0.3, 0.4) is 0 Å². The Hall–Kier alpha value is -2.94. The molecule has 0 aromatic heterocycles. The molecule has 0 unspecified atom stereocenters. The number of nitriles is 1. The van der Waals surface area contributed by atoms with E-state index in [0.29, 0.717) is 11.5 Å². The third kappa shape index (κ3) is 6.78. The molecule has 156 valence electrons. The van der Waals surface area contributed by atoms with Gasteiger partial charge in [0.15, 0.2) is 0 Å². The predicted octanol–water partition coefficient (Wildman–Crippen LogP) is 6.79. The average Bonchev–Trinajstić information content (AvgIpc) is 2.82. The Morgan fingerprint density at radius 1 is 0.839 bits per heavy atom. The fourth-order valence-corrected chi connectivity index (χ4v) is 5.19. The number of carbonyl (C=O) groups excluding carboxylic acids is 1. The molecule has 0 radical (unpaired) electrons. The maximum Gasteiger partial charge on any atom is 0.268 e. The lowest BCUT2D eigenvalue weighted by atomic mass is 10.1. The average molecular weight is 445 g/mol. The van der Waals surface area contributed by atoms with E-state index in [1.54, 1.807) is 0 Å². The van der Waals surface area contributed by atoms with E-state index in [9.17, 15) is 10.1 Å². The third-order valence-electron chi connectivity index (χ3n) is 4.61. The summed E-state index contributed by atoms with van der Waals surface area (Å²) in [7, 11) is 0. The molecule has 1 amide bonds. The molecular formula is C26H24N2OS2. The van der Waals surface area contributed by atoms with Crippen LogP contribution >= 0.6 is 23.5 Å². The first kappa shape index (κ1) is 22.7. The summed E-state index contributed by atoms with van der Waals surface area (Å²) in [4.78, 5) is 13.1. The van der Waals surface area contributed by atoms with E-state index < -0.39 is 0 Å². The van der Waals surface area contributed by atoms with Gasteiger partial charge in [0.2, 0.25) is 0 Å². The first-order chi connectivity index (χ1) is 15.2. The van der Waals surface area contributed by atoms with Crippen molar-refractivity contribution in [3.05, 3.63) is 111 Å². The first-order valence-corrected chi connectivity index (χ1v) is 12.1. The van der Waals surface area contributed by atoms with Gasteiger partial charge in [-0.05, 0) is 29.2 Å². The Kier molecular flexibility index (Phi) is 8.84. The highest BCUT2D eigenvalue weighted by atomic mass is 32.2. The minimum atomic E-state index is -0.362. The number of hydrogen-bond acceptors (Lipinski definition) is 4. The number of benzene rings is 3. The molecule has 31 heavy (non-hydrogen) atoms. The molecule has 0 fully saturated rings. The monoisotopic (exact) mass is 444 g/mol. The van der Waals surface area contributed by atoms with Gasteiger partial charge < -0.3 is 5.32 Å². The molecule has 0 spiro atoms. The summed E-state index contributed by atoms with van der Waals surface area (Å²) in [6.07, 6.45) is 0.806. The Morgan fingerprint density at radius 3 is 1.87 bits per heavy atom. The van der Waals surface area contributed by atoms with Gasteiger partial charge in [0.25, 0.3) is 5.91 Å². The minimum absolute atomic E-state index is 0.160. The maximum absolute atomic E-state index is 13.1. The van der Waals surface area contributed by atoms with Crippen molar-refractivity contribution >= 4 is 35.1 Å². The zero-order valence-electron chi connectivity index (χ0n) is 17.4. The highest BCUT2D eigenvalue weighted by molar-refractivity contribution is 8.21. The van der Waals surface area contributed by atoms with Crippen LogP contribution in [-0.4, -0.2) is 5.91 Å². The van der Waals surface area contributed by atoms with Gasteiger partial charge in [0, 0.05) is 17.2 Å². The van der Waals surface area contributed by atoms with E-state index in [0.717, 1.165) is 33.0 Å². The molecule has 0 saturated carbocycles. The summed E-state index contributed by atoms with van der Waals surface area (Å²) >= 11 is 3.07. The lowest BCUT2D eigenvalue weighted by Gasteiger charge is -2.13. The molecule has 0 bridgehead atoms. The zero-order valence-corrected chi connectivity index (χ0v) is 19.0. The molecule has 0 aliphatic heterocycles. The highest BCUT2D eigenvalue weighted by Gasteiger charge is 2.18. The molecule has 0 aliphatic carbocycles. The van der Waals surface area contributed by atoms with Crippen LogP contribution in [0.5, 0.6) is 0 Å². The van der Waals surface area contributed by atoms with Crippen LogP contribution in [0.1, 0.15) is 23.6 Å². The van der Waals surface area contributed by atoms with Gasteiger partial charge in [-0.25, -0.2) is 0 Å². The van der Waals surface area contributed by atoms with Crippen molar-refractivity contribution in [2.24, 2.45) is 0 Å². The molecule has 1 N–H and O–H groups in total. The summed E-state index contributed by atoms with van der Waals surface area (Å²) in [5.74, 6) is 1.03. The van der Waals surface area contributed by atoms with Crippen LogP contribution in [0.2, 0.25) is 0 Å². The van der Waals surface area contributed by atoms with Crippen LogP contribution in [0.15, 0.2) is 94.7 Å². The summed E-state index contributed by atoms with van der Waals surface area (Å²) < 4.78 is 0.738. The van der Waals surface area contributed by atoms with Gasteiger partial charge in [0.1, 0.15) is 11.6 Å². The lowest BCUT2D eigenvalue weighted by Crippen LogP contribution is -2.15. The van der Waals surface area contributed by atoms with Crippen molar-refractivity contribution in [2.45, 2.75) is 24.9 Å². The number of amides is 1. The van der Waals surface area contributed by atoms with Crippen molar-refractivity contribution < 1.29 is 4.79 Å². The van der Waals surface area contributed by atoms with Gasteiger partial charge in [0.05, 0.1) is 4.24 Å². The van der Waals surface area contributed by atoms with Gasteiger partial charge in [-0.3, -0.25) is 4.79 Å². The van der Waals surface area contributed by atoms with Gasteiger partial charge in [-0.1, -0.05) is 85.8 Å². The van der Waals surface area contributed by atoms with E-state index in [1.165, 1.54) is 23.5 Å². The third-order valence-corrected chi connectivity index (χ3v) is 7.21. The second kappa shape index (κ2) is 12.0. The number of hydrogen-bond donors (Lipinski definition) is 1. The van der Waals surface area contributed by atoms with Crippen LogP contribution in [0.4, 0.5) is 5.69 Å². The number of anilines is 1. The van der Waals surface area contributed by atoms with E-state index in [1.807, 2.05) is 67.6 Å². The normalized spacial score (nSPS) is 10.2. The Bertz CT molecular complexity index is 1030. The largest absolute Gasteiger partial charge is 0.321 e. The molecular weight excluding hydrogens is 420 g/mol. The second-order valence-electron chi connectivity index (χ2n) is 6.79. The number of aryl methyl sites for hydroxylation is 1. The molecule has 0 saturated heterocycles. The van der Waals surface area contributed by atoms with Crippen LogP contribution in [0.25, 0.3) is 0 Å².